The fourth-order valence-corrected chi connectivity index (χ4v) is 2.45. The molecule has 3 N–H and O–H groups in total. The van der Waals surface area contributed by atoms with Crippen LogP contribution in [-0.2, 0) is 0 Å². The number of nitrogens with one attached hydrogen (secondary N) is 1. The molecule has 2 unspecified atom stereocenters. The lowest BCUT2D eigenvalue weighted by atomic mass is 10.0. The first kappa shape index (κ1) is 12.4. The van der Waals surface area contributed by atoms with Gasteiger partial charge in [-0.1, -0.05) is 6.07 Å². The summed E-state index contributed by atoms with van der Waals surface area (Å²) in [5.74, 6) is 0. The molecule has 0 bridgehead atoms. The highest BCUT2D eigenvalue weighted by molar-refractivity contribution is 7.16. The Hall–Kier alpha value is -1.01. The first-order chi connectivity index (χ1) is 8.22. The minimum atomic E-state index is -0.838. The number of nitrogens with zero attached hydrogens (tertiary/aromatic N) is 1. The highest BCUT2D eigenvalue weighted by atomic mass is 32.1. The molecular weight excluding hydrogens is 236 g/mol. The van der Waals surface area contributed by atoms with Gasteiger partial charge in [0.2, 0.25) is 0 Å². The first-order valence-electron chi connectivity index (χ1n) is 5.56. The third-order valence-corrected chi connectivity index (χ3v) is 3.54. The van der Waals surface area contributed by atoms with Gasteiger partial charge in [-0.3, -0.25) is 0 Å². The average molecular weight is 252 g/mol. The molecule has 1 aromatic heterocycles. The lowest BCUT2D eigenvalue weighted by Crippen LogP contribution is -2.23. The molecule has 0 aliphatic rings. The van der Waals surface area contributed by atoms with Crippen LogP contribution in [0.1, 0.15) is 18.1 Å². The second-order valence-corrected chi connectivity index (χ2v) is 4.87. The molecule has 0 aliphatic heterocycles. The monoisotopic (exact) mass is 252 g/mol. The van der Waals surface area contributed by atoms with Crippen LogP contribution in [0.25, 0.3) is 10.2 Å². The maximum absolute atomic E-state index is 10.0. The van der Waals surface area contributed by atoms with Crippen LogP contribution >= 0.6 is 11.3 Å². The van der Waals surface area contributed by atoms with Gasteiger partial charge in [-0.25, -0.2) is 4.98 Å². The fraction of sp³-hybridized carbons (Fsp3) is 0.417. The number of hydrogen-bond donors (Lipinski definition) is 3. The van der Waals surface area contributed by atoms with Crippen LogP contribution in [0, 0.1) is 0 Å². The number of thiazole rings is 1. The number of rotatable bonds is 5. The van der Waals surface area contributed by atoms with E-state index in [2.05, 4.69) is 10.3 Å². The van der Waals surface area contributed by atoms with Gasteiger partial charge in [0.15, 0.2) is 0 Å². The molecule has 5 heteroatoms. The number of aliphatic hydroxyl groups is 2. The highest BCUT2D eigenvalue weighted by Crippen LogP contribution is 2.25. The van der Waals surface area contributed by atoms with Gasteiger partial charge in [0, 0.05) is 0 Å². The second kappa shape index (κ2) is 5.55. The molecule has 92 valence electrons. The summed E-state index contributed by atoms with van der Waals surface area (Å²) in [4.78, 5) is 4.18. The summed E-state index contributed by atoms with van der Waals surface area (Å²) in [6, 6.07) is 5.57. The van der Waals surface area contributed by atoms with Gasteiger partial charge in [0.1, 0.15) is 6.10 Å². The standard InChI is InChI=1S/C12H16N2O2S/c1-13-5-4-10(15)12(16)8-2-3-9-11(6-8)17-7-14-9/h2-3,6-7,10,12-13,15-16H,4-5H2,1H3. The van der Waals surface area contributed by atoms with Crippen LogP contribution in [0.3, 0.4) is 0 Å². The molecule has 4 nitrogen and oxygen atoms in total. The smallest absolute Gasteiger partial charge is 0.105 e. The normalized spacial score (nSPS) is 15.0. The van der Waals surface area contributed by atoms with E-state index in [1.165, 1.54) is 11.3 Å². The van der Waals surface area contributed by atoms with Crippen LogP contribution < -0.4 is 5.32 Å². The maximum Gasteiger partial charge on any atom is 0.105 e. The summed E-state index contributed by atoms with van der Waals surface area (Å²) < 4.78 is 1.03. The van der Waals surface area contributed by atoms with E-state index in [1.54, 1.807) is 5.51 Å². The van der Waals surface area contributed by atoms with E-state index in [0.717, 1.165) is 15.8 Å². The Morgan fingerprint density at radius 3 is 3.00 bits per heavy atom. The van der Waals surface area contributed by atoms with E-state index >= 15 is 0 Å². The first-order valence-corrected chi connectivity index (χ1v) is 6.44. The van der Waals surface area contributed by atoms with Crippen molar-refractivity contribution in [3.8, 4) is 0 Å². The molecule has 1 heterocycles. The Morgan fingerprint density at radius 2 is 2.24 bits per heavy atom. The molecule has 0 saturated carbocycles. The molecule has 2 atom stereocenters. The van der Waals surface area contributed by atoms with E-state index in [4.69, 9.17) is 0 Å². The van der Waals surface area contributed by atoms with Gasteiger partial charge in [0.25, 0.3) is 0 Å². The fourth-order valence-electron chi connectivity index (χ4n) is 1.73. The van der Waals surface area contributed by atoms with Crippen molar-refractivity contribution in [3.63, 3.8) is 0 Å². The van der Waals surface area contributed by atoms with Crippen molar-refractivity contribution < 1.29 is 10.2 Å². The van der Waals surface area contributed by atoms with Crippen molar-refractivity contribution in [1.82, 2.24) is 10.3 Å². The summed E-state index contributed by atoms with van der Waals surface area (Å²) in [5, 5.41) is 22.8. The van der Waals surface area contributed by atoms with Crippen molar-refractivity contribution in [2.45, 2.75) is 18.6 Å². The molecule has 0 aliphatic carbocycles. The minimum absolute atomic E-state index is 0.526. The Balaban J connectivity index is 2.14. The van der Waals surface area contributed by atoms with E-state index < -0.39 is 12.2 Å². The lowest BCUT2D eigenvalue weighted by molar-refractivity contribution is 0.0141. The van der Waals surface area contributed by atoms with Crippen molar-refractivity contribution in [2.24, 2.45) is 0 Å². The molecule has 2 aromatic rings. The minimum Gasteiger partial charge on any atom is -0.390 e. The summed E-state index contributed by atoms with van der Waals surface area (Å²) >= 11 is 1.53. The lowest BCUT2D eigenvalue weighted by Gasteiger charge is -2.17. The summed E-state index contributed by atoms with van der Waals surface area (Å²) in [5.41, 5.74) is 3.44. The molecule has 17 heavy (non-hydrogen) atoms. The number of benzene rings is 1. The third kappa shape index (κ3) is 2.81. The molecular formula is C12H16N2O2S. The van der Waals surface area contributed by atoms with E-state index in [1.807, 2.05) is 25.2 Å². The number of fused-ring (bicyclic) bond motifs is 1. The second-order valence-electron chi connectivity index (χ2n) is 3.98. The van der Waals surface area contributed by atoms with Crippen LogP contribution in [0.15, 0.2) is 23.7 Å². The number of aliphatic hydroxyl groups excluding tert-OH is 2. The Labute approximate surface area is 104 Å². The van der Waals surface area contributed by atoms with Gasteiger partial charge in [-0.2, -0.15) is 0 Å². The zero-order chi connectivity index (χ0) is 12.3. The predicted octanol–water partition coefficient (Wildman–Crippen LogP) is 1.30. The van der Waals surface area contributed by atoms with Gasteiger partial charge in [-0.05, 0) is 37.7 Å². The predicted molar refractivity (Wildman–Crippen MR) is 69.1 cm³/mol. The third-order valence-electron chi connectivity index (χ3n) is 2.75. The van der Waals surface area contributed by atoms with Crippen molar-refractivity contribution >= 4 is 21.6 Å². The molecule has 0 saturated heterocycles. The van der Waals surface area contributed by atoms with Crippen LogP contribution in [-0.4, -0.2) is 34.9 Å². The van der Waals surface area contributed by atoms with Gasteiger partial charge >= 0.3 is 0 Å². The zero-order valence-corrected chi connectivity index (χ0v) is 10.4. The number of hydrogen-bond acceptors (Lipinski definition) is 5. The zero-order valence-electron chi connectivity index (χ0n) is 9.63. The van der Waals surface area contributed by atoms with Gasteiger partial charge in [-0.15, -0.1) is 11.3 Å². The Bertz CT molecular complexity index is 486. The van der Waals surface area contributed by atoms with Crippen molar-refractivity contribution in [3.05, 3.63) is 29.3 Å². The molecule has 0 fully saturated rings. The van der Waals surface area contributed by atoms with Gasteiger partial charge < -0.3 is 15.5 Å². The van der Waals surface area contributed by atoms with Crippen LogP contribution in [0.2, 0.25) is 0 Å². The molecule has 2 rings (SSSR count). The quantitative estimate of drug-likeness (QED) is 0.750. The average Bonchev–Trinajstić information content (AvgIpc) is 2.81. The Morgan fingerprint density at radius 1 is 1.41 bits per heavy atom. The largest absolute Gasteiger partial charge is 0.390 e. The van der Waals surface area contributed by atoms with Crippen molar-refractivity contribution in [2.75, 3.05) is 13.6 Å². The molecule has 1 aromatic carbocycles. The van der Waals surface area contributed by atoms with Gasteiger partial charge in [0.05, 0.1) is 21.8 Å². The molecule has 0 amide bonds. The van der Waals surface area contributed by atoms with Crippen molar-refractivity contribution in [1.29, 1.82) is 0 Å². The molecule has 0 spiro atoms. The highest BCUT2D eigenvalue weighted by Gasteiger charge is 2.18. The van der Waals surface area contributed by atoms with Crippen LogP contribution in [0.4, 0.5) is 0 Å². The van der Waals surface area contributed by atoms with E-state index in [9.17, 15) is 10.2 Å². The summed E-state index contributed by atoms with van der Waals surface area (Å²) in [7, 11) is 1.82. The summed E-state index contributed by atoms with van der Waals surface area (Å²) in [6.07, 6.45) is -1.05. The van der Waals surface area contributed by atoms with E-state index in [0.29, 0.717) is 13.0 Å². The van der Waals surface area contributed by atoms with Crippen LogP contribution in [0.5, 0.6) is 0 Å². The summed E-state index contributed by atoms with van der Waals surface area (Å²) in [6.45, 7) is 0.682. The Kier molecular flexibility index (Phi) is 4.06. The molecule has 0 radical (unpaired) electrons. The SMILES string of the molecule is CNCCC(O)C(O)c1ccc2ncsc2c1. The topological polar surface area (TPSA) is 65.4 Å². The number of aromatic nitrogens is 1. The van der Waals surface area contributed by atoms with E-state index in [-0.39, 0.29) is 0 Å². The maximum atomic E-state index is 10.0.